The number of amides is 1. The van der Waals surface area contributed by atoms with Crippen LogP contribution in [0.1, 0.15) is 18.4 Å². The molecule has 134 valence electrons. The third-order valence-corrected chi connectivity index (χ3v) is 4.97. The minimum Gasteiger partial charge on any atom is -0.385 e. The topological polar surface area (TPSA) is 60.3 Å². The van der Waals surface area contributed by atoms with E-state index < -0.39 is 0 Å². The molecular formula is C20H22N4O2. The number of fused-ring (bicyclic) bond motifs is 1. The number of rotatable bonds is 5. The van der Waals surface area contributed by atoms with E-state index in [0.29, 0.717) is 5.92 Å². The molecule has 1 fully saturated rings. The molecule has 0 saturated carbocycles. The lowest BCUT2D eigenvalue weighted by Crippen LogP contribution is -2.42. The van der Waals surface area contributed by atoms with Gasteiger partial charge in [-0.2, -0.15) is 0 Å². The number of benzene rings is 2. The van der Waals surface area contributed by atoms with Crippen molar-refractivity contribution in [1.29, 1.82) is 0 Å². The van der Waals surface area contributed by atoms with Gasteiger partial charge in [0.2, 0.25) is 0 Å². The summed E-state index contributed by atoms with van der Waals surface area (Å²) in [6.45, 7) is 1.56. The van der Waals surface area contributed by atoms with Gasteiger partial charge in [0.05, 0.1) is 0 Å². The van der Waals surface area contributed by atoms with Crippen LogP contribution in [-0.4, -0.2) is 45.7 Å². The van der Waals surface area contributed by atoms with Crippen LogP contribution in [0.25, 0.3) is 11.0 Å². The van der Waals surface area contributed by atoms with Crippen LogP contribution < -0.4 is 4.84 Å². The number of hydrogen-bond acceptors (Lipinski definition) is 4. The highest BCUT2D eigenvalue weighted by Gasteiger charge is 2.23. The van der Waals surface area contributed by atoms with Crippen molar-refractivity contribution < 1.29 is 9.63 Å². The number of para-hydroxylation sites is 1. The molecule has 6 nitrogen and oxygen atoms in total. The Morgan fingerprint density at radius 2 is 1.77 bits per heavy atom. The fourth-order valence-corrected chi connectivity index (χ4v) is 3.48. The van der Waals surface area contributed by atoms with E-state index in [2.05, 4.69) is 34.6 Å². The third kappa shape index (κ3) is 3.69. The fourth-order valence-electron chi connectivity index (χ4n) is 3.48. The average Bonchev–Trinajstić information content (AvgIpc) is 3.11. The van der Waals surface area contributed by atoms with Crippen LogP contribution in [0.4, 0.5) is 0 Å². The maximum Gasteiger partial charge on any atom is 0.263 e. The molecular weight excluding hydrogens is 328 g/mol. The van der Waals surface area contributed by atoms with E-state index in [9.17, 15) is 4.79 Å². The summed E-state index contributed by atoms with van der Waals surface area (Å²) in [6, 6.07) is 18.1. The molecule has 1 aliphatic rings. The van der Waals surface area contributed by atoms with Crippen molar-refractivity contribution in [3.63, 3.8) is 0 Å². The van der Waals surface area contributed by atoms with Crippen LogP contribution in [0.3, 0.4) is 0 Å². The van der Waals surface area contributed by atoms with Gasteiger partial charge in [0, 0.05) is 13.1 Å². The van der Waals surface area contributed by atoms with Gasteiger partial charge in [-0.25, -0.2) is 0 Å². The number of carbonyl (C=O) groups is 1. The first-order chi connectivity index (χ1) is 12.8. The van der Waals surface area contributed by atoms with E-state index >= 15 is 0 Å². The molecule has 1 aliphatic heterocycles. The van der Waals surface area contributed by atoms with Crippen LogP contribution in [-0.2, 0) is 11.2 Å². The highest BCUT2D eigenvalue weighted by molar-refractivity contribution is 5.78. The minimum absolute atomic E-state index is 0.00254. The largest absolute Gasteiger partial charge is 0.385 e. The molecule has 0 bridgehead atoms. The molecule has 6 heteroatoms. The Hall–Kier alpha value is -2.89. The number of likely N-dealkylation sites (tertiary alicyclic amines) is 1. The summed E-state index contributed by atoms with van der Waals surface area (Å²) in [5.41, 5.74) is 2.89. The van der Waals surface area contributed by atoms with E-state index in [4.69, 9.17) is 4.84 Å². The summed E-state index contributed by atoms with van der Waals surface area (Å²) in [7, 11) is 0. The molecule has 1 amide bonds. The van der Waals surface area contributed by atoms with E-state index in [1.165, 1.54) is 10.4 Å². The standard InChI is InChI=1S/C20H22N4O2/c25-20(15-26-24-19-9-5-4-8-18(19)21-22-24)23-12-10-17(11-13-23)14-16-6-2-1-3-7-16/h1-9,17H,10-15H2. The van der Waals surface area contributed by atoms with Crippen molar-refractivity contribution in [2.24, 2.45) is 5.92 Å². The second kappa shape index (κ2) is 7.56. The molecule has 2 aromatic carbocycles. The highest BCUT2D eigenvalue weighted by atomic mass is 16.7. The summed E-state index contributed by atoms with van der Waals surface area (Å²) < 4.78 is 0. The van der Waals surface area contributed by atoms with E-state index in [1.54, 1.807) is 0 Å². The first kappa shape index (κ1) is 16.6. The number of hydrogen-bond donors (Lipinski definition) is 0. The Morgan fingerprint density at radius 3 is 2.58 bits per heavy atom. The monoisotopic (exact) mass is 350 g/mol. The lowest BCUT2D eigenvalue weighted by Gasteiger charge is -2.32. The lowest BCUT2D eigenvalue weighted by molar-refractivity contribution is -0.138. The normalized spacial score (nSPS) is 15.3. The summed E-state index contributed by atoms with van der Waals surface area (Å²) in [5, 5.41) is 7.97. The van der Waals surface area contributed by atoms with Gasteiger partial charge in [0.1, 0.15) is 11.0 Å². The van der Waals surface area contributed by atoms with Gasteiger partial charge in [-0.3, -0.25) is 4.79 Å². The van der Waals surface area contributed by atoms with Crippen LogP contribution >= 0.6 is 0 Å². The zero-order valence-electron chi connectivity index (χ0n) is 14.6. The summed E-state index contributed by atoms with van der Waals surface area (Å²) in [4.78, 5) is 21.2. The molecule has 3 aromatic rings. The predicted octanol–water partition coefficient (Wildman–Crippen LogP) is 2.34. The molecule has 2 heterocycles. The molecule has 1 aromatic heterocycles. The van der Waals surface area contributed by atoms with Crippen LogP contribution in [0, 0.1) is 5.92 Å². The van der Waals surface area contributed by atoms with Crippen LogP contribution in [0.5, 0.6) is 0 Å². The molecule has 26 heavy (non-hydrogen) atoms. The smallest absolute Gasteiger partial charge is 0.263 e. The SMILES string of the molecule is O=C(COn1nnc2ccccc21)N1CCC(Cc2ccccc2)CC1. The molecule has 0 radical (unpaired) electrons. The first-order valence-electron chi connectivity index (χ1n) is 9.05. The Bertz CT molecular complexity index is 870. The molecule has 1 saturated heterocycles. The van der Waals surface area contributed by atoms with Crippen molar-refractivity contribution in [3.05, 3.63) is 60.2 Å². The van der Waals surface area contributed by atoms with E-state index in [0.717, 1.165) is 43.4 Å². The van der Waals surface area contributed by atoms with E-state index in [-0.39, 0.29) is 12.5 Å². The summed E-state index contributed by atoms with van der Waals surface area (Å²) >= 11 is 0. The molecule has 0 atom stereocenters. The minimum atomic E-state index is -0.0172. The maximum absolute atomic E-state index is 12.4. The fraction of sp³-hybridized carbons (Fsp3) is 0.350. The number of piperidine rings is 1. The zero-order valence-corrected chi connectivity index (χ0v) is 14.6. The number of carbonyl (C=O) groups excluding carboxylic acids is 1. The predicted molar refractivity (Wildman–Crippen MR) is 98.4 cm³/mol. The van der Waals surface area contributed by atoms with Crippen molar-refractivity contribution in [2.45, 2.75) is 19.3 Å². The molecule has 0 spiro atoms. The van der Waals surface area contributed by atoms with Crippen molar-refractivity contribution in [2.75, 3.05) is 19.7 Å². The third-order valence-electron chi connectivity index (χ3n) is 4.97. The average molecular weight is 350 g/mol. The van der Waals surface area contributed by atoms with Crippen molar-refractivity contribution in [3.8, 4) is 0 Å². The summed E-state index contributed by atoms with van der Waals surface area (Å²) in [5.74, 6) is 0.643. The zero-order chi connectivity index (χ0) is 17.8. The highest BCUT2D eigenvalue weighted by Crippen LogP contribution is 2.21. The van der Waals surface area contributed by atoms with Crippen LogP contribution in [0.15, 0.2) is 54.6 Å². The molecule has 4 rings (SSSR count). The van der Waals surface area contributed by atoms with Gasteiger partial charge in [-0.05, 0) is 48.1 Å². The Morgan fingerprint density at radius 1 is 1.04 bits per heavy atom. The maximum atomic E-state index is 12.4. The molecule has 0 aliphatic carbocycles. The Kier molecular flexibility index (Phi) is 4.82. The van der Waals surface area contributed by atoms with E-state index in [1.807, 2.05) is 35.2 Å². The molecule has 0 N–H and O–H groups in total. The second-order valence-corrected chi connectivity index (χ2v) is 6.74. The first-order valence-corrected chi connectivity index (χ1v) is 9.05. The molecule has 0 unspecified atom stereocenters. The number of nitrogens with zero attached hydrogens (tertiary/aromatic N) is 4. The second-order valence-electron chi connectivity index (χ2n) is 6.74. The van der Waals surface area contributed by atoms with Crippen molar-refractivity contribution >= 4 is 16.9 Å². The van der Waals surface area contributed by atoms with Gasteiger partial charge in [0.25, 0.3) is 5.91 Å². The van der Waals surface area contributed by atoms with Gasteiger partial charge >= 0.3 is 0 Å². The van der Waals surface area contributed by atoms with Gasteiger partial charge in [-0.1, -0.05) is 47.3 Å². The lowest BCUT2D eigenvalue weighted by atomic mass is 9.90. The van der Waals surface area contributed by atoms with Gasteiger partial charge in [0.15, 0.2) is 6.61 Å². The van der Waals surface area contributed by atoms with Crippen LogP contribution in [0.2, 0.25) is 0 Å². The van der Waals surface area contributed by atoms with Crippen molar-refractivity contribution in [1.82, 2.24) is 20.1 Å². The number of aromatic nitrogens is 3. The van der Waals surface area contributed by atoms with Gasteiger partial charge < -0.3 is 9.74 Å². The van der Waals surface area contributed by atoms with Gasteiger partial charge in [-0.15, -0.1) is 5.10 Å². The Balaban J connectivity index is 1.27. The Labute approximate surface area is 152 Å². The summed E-state index contributed by atoms with van der Waals surface area (Å²) in [6.07, 6.45) is 3.16. The quantitative estimate of drug-likeness (QED) is 0.709.